The molecule has 0 bridgehead atoms. The standard InChI is InChI=1S/C14H22N4O.ClH/c1-4-14(3,5-2)17-10-13(19)18-11(8-15)6-7-12(18)9-16;/h11-12,17H,4-7,10H2,1-3H3;1H/t11-,12+;. The van der Waals surface area contributed by atoms with Gasteiger partial charge in [0.1, 0.15) is 12.1 Å². The van der Waals surface area contributed by atoms with Crippen molar-refractivity contribution in [3.05, 3.63) is 0 Å². The van der Waals surface area contributed by atoms with E-state index in [1.165, 1.54) is 4.90 Å². The highest BCUT2D eigenvalue weighted by Crippen LogP contribution is 2.23. The molecule has 0 aliphatic carbocycles. The van der Waals surface area contributed by atoms with Crippen LogP contribution >= 0.6 is 12.4 Å². The van der Waals surface area contributed by atoms with Crippen molar-refractivity contribution >= 4 is 18.3 Å². The minimum absolute atomic E-state index is 0. The quantitative estimate of drug-likeness (QED) is 0.841. The van der Waals surface area contributed by atoms with Gasteiger partial charge < -0.3 is 10.2 Å². The second kappa shape index (κ2) is 8.09. The first kappa shape index (κ1) is 18.7. The lowest BCUT2D eigenvalue weighted by Gasteiger charge is -2.30. The van der Waals surface area contributed by atoms with Crippen molar-refractivity contribution < 1.29 is 4.79 Å². The van der Waals surface area contributed by atoms with Gasteiger partial charge in [-0.15, -0.1) is 12.4 Å². The van der Waals surface area contributed by atoms with Gasteiger partial charge in [0.25, 0.3) is 0 Å². The first-order valence-electron chi connectivity index (χ1n) is 6.86. The average molecular weight is 299 g/mol. The van der Waals surface area contributed by atoms with Crippen molar-refractivity contribution in [3.63, 3.8) is 0 Å². The summed E-state index contributed by atoms with van der Waals surface area (Å²) in [6.45, 7) is 6.42. The summed E-state index contributed by atoms with van der Waals surface area (Å²) in [6.07, 6.45) is 3.05. The molecule has 0 unspecified atom stereocenters. The van der Waals surface area contributed by atoms with E-state index < -0.39 is 12.1 Å². The van der Waals surface area contributed by atoms with Crippen LogP contribution in [0.3, 0.4) is 0 Å². The Bertz CT molecular complexity index is 386. The number of likely N-dealkylation sites (tertiary alicyclic amines) is 1. The van der Waals surface area contributed by atoms with Gasteiger partial charge in [0, 0.05) is 5.54 Å². The molecule has 1 rings (SSSR count). The summed E-state index contributed by atoms with van der Waals surface area (Å²) < 4.78 is 0. The van der Waals surface area contributed by atoms with Crippen LogP contribution in [0, 0.1) is 22.7 Å². The molecule has 0 radical (unpaired) electrons. The monoisotopic (exact) mass is 298 g/mol. The molecule has 2 atom stereocenters. The molecule has 1 N–H and O–H groups in total. The summed E-state index contributed by atoms with van der Waals surface area (Å²) in [5.41, 5.74) is -0.0698. The van der Waals surface area contributed by atoms with E-state index in [0.717, 1.165) is 12.8 Å². The van der Waals surface area contributed by atoms with Gasteiger partial charge in [0.15, 0.2) is 0 Å². The molecule has 1 saturated heterocycles. The highest BCUT2D eigenvalue weighted by Gasteiger charge is 2.37. The average Bonchev–Trinajstić information content (AvgIpc) is 2.87. The van der Waals surface area contributed by atoms with E-state index in [9.17, 15) is 4.79 Å². The summed E-state index contributed by atoms with van der Waals surface area (Å²) in [7, 11) is 0. The Hall–Kier alpha value is -1.30. The van der Waals surface area contributed by atoms with Gasteiger partial charge in [-0.05, 0) is 32.6 Å². The van der Waals surface area contributed by atoms with E-state index in [1.54, 1.807) is 0 Å². The summed E-state index contributed by atoms with van der Waals surface area (Å²) in [6, 6.07) is 3.32. The molecule has 6 heteroatoms. The zero-order chi connectivity index (χ0) is 14.5. The van der Waals surface area contributed by atoms with Crippen LogP contribution in [0.5, 0.6) is 0 Å². The van der Waals surface area contributed by atoms with Crippen molar-refractivity contribution in [2.24, 2.45) is 0 Å². The zero-order valence-electron chi connectivity index (χ0n) is 12.3. The predicted molar refractivity (Wildman–Crippen MR) is 79.1 cm³/mol. The van der Waals surface area contributed by atoms with Crippen LogP contribution in [-0.4, -0.2) is 35.0 Å². The SMILES string of the molecule is CCC(C)(CC)NCC(=O)N1[C@H](C#N)CC[C@@H]1C#N.Cl. The van der Waals surface area contributed by atoms with E-state index in [1.807, 2.05) is 0 Å². The van der Waals surface area contributed by atoms with E-state index in [2.05, 4.69) is 38.2 Å². The summed E-state index contributed by atoms with van der Waals surface area (Å²) in [5.74, 6) is -0.149. The molecule has 0 spiro atoms. The van der Waals surface area contributed by atoms with Gasteiger partial charge in [0.2, 0.25) is 5.91 Å². The molecular weight excluding hydrogens is 276 g/mol. The highest BCUT2D eigenvalue weighted by atomic mass is 35.5. The lowest BCUT2D eigenvalue weighted by molar-refractivity contribution is -0.131. The van der Waals surface area contributed by atoms with Crippen LogP contribution in [0.2, 0.25) is 0 Å². The first-order chi connectivity index (χ1) is 9.01. The van der Waals surface area contributed by atoms with Gasteiger partial charge in [0.05, 0.1) is 18.7 Å². The summed E-state index contributed by atoms with van der Waals surface area (Å²) in [5, 5.41) is 21.3. The van der Waals surface area contributed by atoms with Gasteiger partial charge in [-0.1, -0.05) is 13.8 Å². The van der Waals surface area contributed by atoms with Gasteiger partial charge in [-0.2, -0.15) is 10.5 Å². The van der Waals surface area contributed by atoms with E-state index in [0.29, 0.717) is 12.8 Å². The second-order valence-corrected chi connectivity index (χ2v) is 5.29. The number of rotatable bonds is 5. The fourth-order valence-electron chi connectivity index (χ4n) is 2.29. The van der Waals surface area contributed by atoms with Crippen molar-refractivity contribution in [1.29, 1.82) is 10.5 Å². The largest absolute Gasteiger partial charge is 0.310 e. The number of hydrogen-bond donors (Lipinski definition) is 1. The zero-order valence-corrected chi connectivity index (χ0v) is 13.2. The molecule has 20 heavy (non-hydrogen) atoms. The molecule has 1 fully saturated rings. The number of nitrogens with zero attached hydrogens (tertiary/aromatic N) is 3. The molecule has 1 aliphatic rings. The number of halogens is 1. The number of nitriles is 2. The molecule has 5 nitrogen and oxygen atoms in total. The Balaban J connectivity index is 0.00000361. The molecule has 0 aromatic heterocycles. The Morgan fingerprint density at radius 3 is 2.05 bits per heavy atom. The smallest absolute Gasteiger partial charge is 0.238 e. The maximum absolute atomic E-state index is 12.2. The van der Waals surface area contributed by atoms with Gasteiger partial charge in [-0.3, -0.25) is 4.79 Å². The van der Waals surface area contributed by atoms with E-state index in [-0.39, 0.29) is 30.4 Å². The Morgan fingerprint density at radius 2 is 1.70 bits per heavy atom. The minimum atomic E-state index is -0.451. The molecule has 1 amide bonds. The Labute approximate surface area is 127 Å². The first-order valence-corrected chi connectivity index (χ1v) is 6.86. The number of hydrogen-bond acceptors (Lipinski definition) is 4. The molecule has 0 aromatic carbocycles. The third-order valence-electron chi connectivity index (χ3n) is 4.20. The lowest BCUT2D eigenvalue weighted by Crippen LogP contribution is -2.50. The van der Waals surface area contributed by atoms with E-state index in [4.69, 9.17) is 10.5 Å². The lowest BCUT2D eigenvalue weighted by atomic mass is 9.95. The topological polar surface area (TPSA) is 79.9 Å². The van der Waals surface area contributed by atoms with Crippen LogP contribution < -0.4 is 5.32 Å². The third-order valence-corrected chi connectivity index (χ3v) is 4.20. The van der Waals surface area contributed by atoms with E-state index >= 15 is 0 Å². The minimum Gasteiger partial charge on any atom is -0.310 e. The van der Waals surface area contributed by atoms with Gasteiger partial charge in [-0.25, -0.2) is 0 Å². The molecule has 0 aromatic rings. The normalized spacial score (nSPS) is 21.8. The van der Waals surface area contributed by atoms with Crippen molar-refractivity contribution in [2.75, 3.05) is 6.54 Å². The van der Waals surface area contributed by atoms with Crippen LogP contribution in [0.25, 0.3) is 0 Å². The Morgan fingerprint density at radius 1 is 1.25 bits per heavy atom. The van der Waals surface area contributed by atoms with Crippen LogP contribution in [0.15, 0.2) is 0 Å². The van der Waals surface area contributed by atoms with Crippen LogP contribution in [0.1, 0.15) is 46.5 Å². The fraction of sp³-hybridized carbons (Fsp3) is 0.786. The maximum Gasteiger partial charge on any atom is 0.238 e. The molecule has 1 aliphatic heterocycles. The number of carbonyl (C=O) groups is 1. The summed E-state index contributed by atoms with van der Waals surface area (Å²) in [4.78, 5) is 13.7. The molecule has 0 saturated carbocycles. The highest BCUT2D eigenvalue weighted by molar-refractivity contribution is 5.85. The van der Waals surface area contributed by atoms with Crippen molar-refractivity contribution in [2.45, 2.75) is 64.1 Å². The van der Waals surface area contributed by atoms with Crippen LogP contribution in [-0.2, 0) is 4.79 Å². The van der Waals surface area contributed by atoms with Crippen molar-refractivity contribution in [1.82, 2.24) is 10.2 Å². The predicted octanol–water partition coefficient (Wildman–Crippen LogP) is 1.98. The molecular formula is C14H23ClN4O. The molecule has 1 heterocycles. The number of carbonyl (C=O) groups excluding carboxylic acids is 1. The third kappa shape index (κ3) is 4.10. The van der Waals surface area contributed by atoms with Crippen LogP contribution in [0.4, 0.5) is 0 Å². The summed E-state index contributed by atoms with van der Waals surface area (Å²) >= 11 is 0. The number of nitrogens with one attached hydrogen (secondary N) is 1. The Kier molecular flexibility index (Phi) is 7.57. The fourth-order valence-corrected chi connectivity index (χ4v) is 2.29. The maximum atomic E-state index is 12.2. The molecule has 112 valence electrons. The van der Waals surface area contributed by atoms with Crippen molar-refractivity contribution in [3.8, 4) is 12.1 Å². The second-order valence-electron chi connectivity index (χ2n) is 5.29. The number of amides is 1. The van der Waals surface area contributed by atoms with Gasteiger partial charge >= 0.3 is 0 Å².